The zero-order valence-corrected chi connectivity index (χ0v) is 18.5. The molecule has 2 N–H and O–H groups in total. The fourth-order valence-corrected chi connectivity index (χ4v) is 4.32. The molecule has 0 bridgehead atoms. The maximum atomic E-state index is 13.7. The number of pyridine rings is 1. The summed E-state index contributed by atoms with van der Waals surface area (Å²) in [6.45, 7) is 2.34. The van der Waals surface area contributed by atoms with Crippen molar-refractivity contribution in [2.24, 2.45) is 0 Å². The molecular weight excluding hydrogens is 451 g/mol. The fourth-order valence-electron chi connectivity index (χ4n) is 4.32. The van der Waals surface area contributed by atoms with Crippen LogP contribution >= 0.6 is 0 Å². The number of rotatable bonds is 5. The molecule has 0 spiro atoms. The zero-order chi connectivity index (χ0) is 24.0. The molecule has 3 aromatic rings. The average Bonchev–Trinajstić information content (AvgIpc) is 3.58. The number of carbonyl (C=O) groups is 1. The second kappa shape index (κ2) is 8.42. The Kier molecular flexibility index (Phi) is 5.54. The van der Waals surface area contributed by atoms with Crippen LogP contribution in [-0.2, 0) is 12.7 Å². The van der Waals surface area contributed by atoms with E-state index in [0.29, 0.717) is 44.3 Å². The van der Waals surface area contributed by atoms with E-state index >= 15 is 0 Å². The number of aromatic amines is 1. The Bertz CT molecular complexity index is 1290. The first-order chi connectivity index (χ1) is 16.2. The van der Waals surface area contributed by atoms with E-state index in [-0.39, 0.29) is 16.9 Å². The van der Waals surface area contributed by atoms with Gasteiger partial charge in [-0.1, -0.05) is 0 Å². The van der Waals surface area contributed by atoms with Crippen LogP contribution in [0.15, 0.2) is 29.2 Å². The predicted molar refractivity (Wildman–Crippen MR) is 118 cm³/mol. The van der Waals surface area contributed by atoms with Crippen LogP contribution in [0, 0.1) is 0 Å². The van der Waals surface area contributed by atoms with Gasteiger partial charge in [0.25, 0.3) is 11.5 Å². The van der Waals surface area contributed by atoms with Crippen molar-refractivity contribution in [3.05, 3.63) is 57.4 Å². The lowest BCUT2D eigenvalue weighted by molar-refractivity contribution is -0.140. The summed E-state index contributed by atoms with van der Waals surface area (Å²) in [6.07, 6.45) is -0.842. The van der Waals surface area contributed by atoms with Crippen LogP contribution in [0.2, 0.25) is 0 Å². The number of nitrogens with zero attached hydrogens (tertiary/aromatic N) is 5. The minimum atomic E-state index is -4.68. The molecule has 0 unspecified atom stereocenters. The molecule has 1 saturated carbocycles. The van der Waals surface area contributed by atoms with Crippen LogP contribution in [0.4, 0.5) is 18.9 Å². The molecule has 1 aliphatic heterocycles. The van der Waals surface area contributed by atoms with Gasteiger partial charge in [0.05, 0.1) is 11.4 Å². The van der Waals surface area contributed by atoms with Crippen molar-refractivity contribution < 1.29 is 18.0 Å². The molecule has 4 heterocycles. The second-order valence-electron chi connectivity index (χ2n) is 8.68. The van der Waals surface area contributed by atoms with E-state index in [2.05, 4.69) is 25.3 Å². The summed E-state index contributed by atoms with van der Waals surface area (Å²) >= 11 is 0. The number of nitrogens with one attached hydrogen (secondary N) is 2. The lowest BCUT2D eigenvalue weighted by Crippen LogP contribution is -2.46. The predicted octanol–water partition coefficient (Wildman–Crippen LogP) is 2.00. The Labute approximate surface area is 192 Å². The first-order valence-corrected chi connectivity index (χ1v) is 11.1. The molecule has 0 atom stereocenters. The third-order valence-corrected chi connectivity index (χ3v) is 6.27. The van der Waals surface area contributed by atoms with Gasteiger partial charge in [0.2, 0.25) is 0 Å². The topological polar surface area (TPSA) is 98.6 Å². The van der Waals surface area contributed by atoms with E-state index < -0.39 is 17.8 Å². The van der Waals surface area contributed by atoms with Crippen LogP contribution in [0.3, 0.4) is 0 Å². The summed E-state index contributed by atoms with van der Waals surface area (Å²) < 4.78 is 42.7. The molecule has 2 aliphatic rings. The lowest BCUT2D eigenvalue weighted by Gasteiger charge is -2.36. The van der Waals surface area contributed by atoms with Crippen molar-refractivity contribution in [3.63, 3.8) is 0 Å². The van der Waals surface area contributed by atoms with Crippen molar-refractivity contribution in [3.8, 4) is 0 Å². The maximum absolute atomic E-state index is 13.7. The van der Waals surface area contributed by atoms with E-state index in [0.717, 1.165) is 24.1 Å². The number of H-pyrrole nitrogens is 1. The normalized spacial score (nSPS) is 17.4. The number of aromatic nitrogens is 4. The van der Waals surface area contributed by atoms with Crippen molar-refractivity contribution in [1.29, 1.82) is 0 Å². The molecule has 9 nitrogen and oxygen atoms in total. The van der Waals surface area contributed by atoms with Crippen LogP contribution in [0.5, 0.6) is 0 Å². The summed E-state index contributed by atoms with van der Waals surface area (Å²) in [5, 5.41) is 6.87. The Morgan fingerprint density at radius 1 is 1.21 bits per heavy atom. The molecular formula is C22H24F3N7O2. The zero-order valence-electron chi connectivity index (χ0n) is 18.5. The minimum absolute atomic E-state index is 0.0299. The van der Waals surface area contributed by atoms with E-state index in [1.165, 1.54) is 19.2 Å². The van der Waals surface area contributed by atoms with Gasteiger partial charge in [-0.3, -0.25) is 14.5 Å². The van der Waals surface area contributed by atoms with E-state index in [4.69, 9.17) is 0 Å². The number of piperazine rings is 1. The fraction of sp³-hybridized carbons (Fsp3) is 0.455. The number of amides is 1. The third kappa shape index (κ3) is 4.37. The van der Waals surface area contributed by atoms with Crippen LogP contribution in [-0.4, -0.2) is 63.6 Å². The Balaban J connectivity index is 1.29. The minimum Gasteiger partial charge on any atom is -0.367 e. The van der Waals surface area contributed by atoms with Gasteiger partial charge >= 0.3 is 6.18 Å². The molecule has 1 amide bonds. The highest BCUT2D eigenvalue weighted by atomic mass is 19.4. The Morgan fingerprint density at radius 2 is 1.94 bits per heavy atom. The SMILES string of the molecule is CNC(=O)c1ccc(N2CCN(Cc3cc4[nH]c(=O)c(C5CC5)cn4n3)CC2)c(C(F)(F)F)n1. The van der Waals surface area contributed by atoms with Gasteiger partial charge in [-0.15, -0.1) is 0 Å². The highest BCUT2D eigenvalue weighted by Gasteiger charge is 2.38. The van der Waals surface area contributed by atoms with Crippen LogP contribution in [0.25, 0.3) is 5.65 Å². The molecule has 12 heteroatoms. The molecule has 0 aromatic carbocycles. The molecule has 2 fully saturated rings. The van der Waals surface area contributed by atoms with Gasteiger partial charge < -0.3 is 15.2 Å². The number of hydrogen-bond donors (Lipinski definition) is 2. The van der Waals surface area contributed by atoms with E-state index in [1.807, 2.05) is 6.07 Å². The molecule has 3 aromatic heterocycles. The largest absolute Gasteiger partial charge is 0.435 e. The number of fused-ring (bicyclic) bond motifs is 1. The van der Waals surface area contributed by atoms with E-state index in [9.17, 15) is 22.8 Å². The van der Waals surface area contributed by atoms with Gasteiger partial charge in [-0.05, 0) is 30.9 Å². The molecule has 1 aliphatic carbocycles. The monoisotopic (exact) mass is 475 g/mol. The standard InChI is InChI=1S/C22H24F3N7O2/c1-26-21(34)16-4-5-17(19(27-16)22(23,24)25)31-8-6-30(7-9-31)11-14-10-18-28-20(33)15(13-2-3-13)12-32(18)29-14/h4-5,10,12-13H,2-3,6-9,11H2,1H3,(H,26,34)(H,28,33). The highest BCUT2D eigenvalue weighted by Crippen LogP contribution is 2.38. The quantitative estimate of drug-likeness (QED) is 0.586. The number of alkyl halides is 3. The summed E-state index contributed by atoms with van der Waals surface area (Å²) in [5.74, 6) is -0.352. The third-order valence-electron chi connectivity index (χ3n) is 6.27. The molecule has 5 rings (SSSR count). The van der Waals surface area contributed by atoms with Gasteiger partial charge in [-0.25, -0.2) is 9.50 Å². The highest BCUT2D eigenvalue weighted by molar-refractivity contribution is 5.92. The Hall–Kier alpha value is -3.41. The van der Waals surface area contributed by atoms with E-state index in [1.54, 1.807) is 15.6 Å². The van der Waals surface area contributed by atoms with Gasteiger partial charge in [0, 0.05) is 57.6 Å². The summed E-state index contributed by atoms with van der Waals surface area (Å²) in [7, 11) is 1.34. The number of anilines is 1. The number of halogens is 3. The number of carbonyl (C=O) groups excluding carboxylic acids is 1. The van der Waals surface area contributed by atoms with Crippen LogP contribution in [0.1, 0.15) is 46.2 Å². The van der Waals surface area contributed by atoms with Gasteiger partial charge in [0.15, 0.2) is 5.69 Å². The molecule has 1 saturated heterocycles. The summed E-state index contributed by atoms with van der Waals surface area (Å²) in [4.78, 5) is 34.2. The summed E-state index contributed by atoms with van der Waals surface area (Å²) in [6, 6.07) is 4.45. The van der Waals surface area contributed by atoms with Crippen molar-refractivity contribution in [1.82, 2.24) is 29.8 Å². The van der Waals surface area contributed by atoms with Gasteiger partial charge in [0.1, 0.15) is 11.3 Å². The lowest BCUT2D eigenvalue weighted by atomic mass is 10.2. The Morgan fingerprint density at radius 3 is 2.59 bits per heavy atom. The smallest absolute Gasteiger partial charge is 0.367 e. The van der Waals surface area contributed by atoms with Crippen molar-refractivity contribution in [2.75, 3.05) is 38.1 Å². The second-order valence-corrected chi connectivity index (χ2v) is 8.68. The average molecular weight is 475 g/mol. The van der Waals surface area contributed by atoms with Crippen LogP contribution < -0.4 is 15.8 Å². The number of hydrogen-bond acceptors (Lipinski definition) is 6. The molecule has 0 radical (unpaired) electrons. The molecule has 180 valence electrons. The van der Waals surface area contributed by atoms with Crippen molar-refractivity contribution in [2.45, 2.75) is 31.5 Å². The first-order valence-electron chi connectivity index (χ1n) is 11.1. The summed E-state index contributed by atoms with van der Waals surface area (Å²) in [5.41, 5.74) is 0.728. The molecule has 34 heavy (non-hydrogen) atoms. The maximum Gasteiger partial charge on any atom is 0.435 e. The van der Waals surface area contributed by atoms with Crippen molar-refractivity contribution >= 4 is 17.2 Å². The van der Waals surface area contributed by atoms with Gasteiger partial charge in [-0.2, -0.15) is 18.3 Å². The first kappa shape index (κ1) is 22.4.